The molecule has 1 aromatic heterocycles. The molecule has 2 aromatic carbocycles. The molecule has 0 unspecified atom stereocenters. The van der Waals surface area contributed by atoms with Crippen LogP contribution in [-0.2, 0) is 0 Å². The summed E-state index contributed by atoms with van der Waals surface area (Å²) in [4.78, 5) is 21.7. The molecular weight excluding hydrogens is 445 g/mol. The monoisotopic (exact) mass is 473 g/mol. The van der Waals surface area contributed by atoms with Crippen LogP contribution in [0.5, 0.6) is 0 Å². The molecule has 1 amide bonds. The highest BCUT2D eigenvalue weighted by Gasteiger charge is 2.29. The van der Waals surface area contributed by atoms with Gasteiger partial charge in [-0.05, 0) is 44.9 Å². The van der Waals surface area contributed by atoms with Gasteiger partial charge in [0.1, 0.15) is 5.52 Å². The van der Waals surface area contributed by atoms with E-state index in [-0.39, 0.29) is 23.0 Å². The van der Waals surface area contributed by atoms with Gasteiger partial charge in [-0.15, -0.1) is 0 Å². The third kappa shape index (κ3) is 4.26. The summed E-state index contributed by atoms with van der Waals surface area (Å²) in [7, 11) is 3.41. The zero-order chi connectivity index (χ0) is 23.0. The van der Waals surface area contributed by atoms with Crippen molar-refractivity contribution in [1.82, 2.24) is 14.5 Å². The van der Waals surface area contributed by atoms with Gasteiger partial charge in [-0.3, -0.25) is 4.79 Å². The molecule has 0 saturated carbocycles. The Balaban J connectivity index is 1.77. The van der Waals surface area contributed by atoms with Crippen molar-refractivity contribution in [2.45, 2.75) is 38.8 Å². The lowest BCUT2D eigenvalue weighted by molar-refractivity contribution is 0.0829. The minimum absolute atomic E-state index is 0.189. The number of nitrogens with zero attached hydrogens (tertiary/aromatic N) is 4. The molecule has 0 aliphatic carbocycles. The Labute approximate surface area is 199 Å². The molecule has 1 fully saturated rings. The van der Waals surface area contributed by atoms with E-state index in [4.69, 9.17) is 28.2 Å². The summed E-state index contributed by atoms with van der Waals surface area (Å²) < 4.78 is 2.21. The molecule has 32 heavy (non-hydrogen) atoms. The topological polar surface area (TPSA) is 53.4 Å². The second kappa shape index (κ2) is 9.20. The molecule has 0 radical (unpaired) electrons. The maximum Gasteiger partial charge on any atom is 0.257 e. The van der Waals surface area contributed by atoms with E-state index >= 15 is 0 Å². The minimum Gasteiger partial charge on any atom is -0.371 e. The predicted molar refractivity (Wildman–Crippen MR) is 133 cm³/mol. The van der Waals surface area contributed by atoms with Gasteiger partial charge in [0.2, 0.25) is 5.95 Å². The number of nitrogens with one attached hydrogen (secondary N) is 1. The van der Waals surface area contributed by atoms with E-state index in [1.807, 2.05) is 12.1 Å². The zero-order valence-electron chi connectivity index (χ0n) is 18.9. The van der Waals surface area contributed by atoms with Gasteiger partial charge in [-0.2, -0.15) is 0 Å². The first-order valence-corrected chi connectivity index (χ1v) is 11.7. The van der Waals surface area contributed by atoms with Crippen LogP contribution in [0.4, 0.5) is 11.6 Å². The lowest BCUT2D eigenvalue weighted by atomic mass is 10.0. The Kier molecular flexibility index (Phi) is 6.54. The van der Waals surface area contributed by atoms with Crippen LogP contribution in [0.15, 0.2) is 36.4 Å². The normalized spacial score (nSPS) is 14.9. The molecule has 6 nitrogen and oxygen atoms in total. The van der Waals surface area contributed by atoms with Gasteiger partial charge >= 0.3 is 0 Å². The van der Waals surface area contributed by atoms with Gasteiger partial charge in [0.25, 0.3) is 5.91 Å². The highest BCUT2D eigenvalue weighted by molar-refractivity contribution is 6.45. The highest BCUT2D eigenvalue weighted by Crippen LogP contribution is 2.39. The summed E-state index contributed by atoms with van der Waals surface area (Å²) in [6.07, 6.45) is 1.93. The Hall–Kier alpha value is -2.44. The standard InChI is InChI=1S/C24H29Cl2N5O/c1-15(2)27-24-28-22-19(14-18(25)21(26)20(22)23(32)29(3)4)31(24)17-10-12-30(13-11-17)16-8-6-5-7-9-16/h5-9,14-15,17H,10-13H2,1-4H3,(H,27,28). The van der Waals surface area contributed by atoms with E-state index in [1.165, 1.54) is 10.6 Å². The van der Waals surface area contributed by atoms with Crippen molar-refractivity contribution >= 4 is 51.8 Å². The number of piperidine rings is 1. The van der Waals surface area contributed by atoms with Gasteiger partial charge in [0, 0.05) is 45.0 Å². The fraction of sp³-hybridized carbons (Fsp3) is 0.417. The summed E-state index contributed by atoms with van der Waals surface area (Å²) in [6.45, 7) is 6.04. The van der Waals surface area contributed by atoms with Gasteiger partial charge in [0.15, 0.2) is 0 Å². The first-order chi connectivity index (χ1) is 15.3. The maximum absolute atomic E-state index is 13.0. The van der Waals surface area contributed by atoms with Crippen LogP contribution in [0.1, 0.15) is 43.1 Å². The fourth-order valence-corrected chi connectivity index (χ4v) is 4.77. The fourth-order valence-electron chi connectivity index (χ4n) is 4.34. The molecule has 1 saturated heterocycles. The molecule has 170 valence electrons. The number of anilines is 2. The van der Waals surface area contributed by atoms with Crippen LogP contribution in [0.25, 0.3) is 11.0 Å². The van der Waals surface area contributed by atoms with Gasteiger partial charge in [0.05, 0.1) is 21.1 Å². The smallest absolute Gasteiger partial charge is 0.257 e. The average Bonchev–Trinajstić information content (AvgIpc) is 3.11. The Morgan fingerprint density at radius 3 is 2.41 bits per heavy atom. The van der Waals surface area contributed by atoms with E-state index in [2.05, 4.69) is 52.9 Å². The molecule has 0 atom stereocenters. The number of fused-ring (bicyclic) bond motifs is 1. The SMILES string of the molecule is CC(C)Nc1nc2c(C(=O)N(C)C)c(Cl)c(Cl)cc2n1C1CCN(c2ccccc2)CC1. The van der Waals surface area contributed by atoms with Crippen molar-refractivity contribution in [3.05, 3.63) is 52.0 Å². The Bertz CT molecular complexity index is 1120. The zero-order valence-corrected chi connectivity index (χ0v) is 20.4. The molecule has 1 N–H and O–H groups in total. The largest absolute Gasteiger partial charge is 0.371 e. The number of benzene rings is 2. The van der Waals surface area contributed by atoms with Crippen LogP contribution >= 0.6 is 23.2 Å². The number of imidazole rings is 1. The summed E-state index contributed by atoms with van der Waals surface area (Å²) in [5, 5.41) is 4.08. The minimum atomic E-state index is -0.206. The number of rotatable bonds is 5. The van der Waals surface area contributed by atoms with Crippen molar-refractivity contribution in [2.75, 3.05) is 37.4 Å². The number of halogens is 2. The molecule has 8 heteroatoms. The number of hydrogen-bond acceptors (Lipinski definition) is 4. The first-order valence-electron chi connectivity index (χ1n) is 11.0. The van der Waals surface area contributed by atoms with Crippen LogP contribution in [0.2, 0.25) is 10.0 Å². The molecule has 1 aliphatic rings. The average molecular weight is 474 g/mol. The van der Waals surface area contributed by atoms with Crippen LogP contribution in [-0.4, -0.2) is 53.6 Å². The van der Waals surface area contributed by atoms with Crippen molar-refractivity contribution in [2.24, 2.45) is 0 Å². The Morgan fingerprint density at radius 2 is 1.81 bits per heavy atom. The number of aromatic nitrogens is 2. The number of amides is 1. The first kappa shape index (κ1) is 22.7. The lowest BCUT2D eigenvalue weighted by Gasteiger charge is -2.35. The third-order valence-electron chi connectivity index (χ3n) is 5.87. The van der Waals surface area contributed by atoms with Crippen LogP contribution in [0, 0.1) is 0 Å². The molecule has 3 aromatic rings. The van der Waals surface area contributed by atoms with Gasteiger partial charge in [-0.25, -0.2) is 4.98 Å². The second-order valence-corrected chi connectivity index (χ2v) is 9.56. The Morgan fingerprint density at radius 1 is 1.16 bits per heavy atom. The lowest BCUT2D eigenvalue weighted by Crippen LogP contribution is -2.35. The van der Waals surface area contributed by atoms with Gasteiger partial charge in [-0.1, -0.05) is 41.4 Å². The van der Waals surface area contributed by atoms with Crippen LogP contribution < -0.4 is 10.2 Å². The summed E-state index contributed by atoms with van der Waals surface area (Å²) in [5.74, 6) is 0.543. The van der Waals surface area contributed by atoms with Crippen LogP contribution in [0.3, 0.4) is 0 Å². The molecule has 0 bridgehead atoms. The van der Waals surface area contributed by atoms with E-state index < -0.39 is 0 Å². The number of hydrogen-bond donors (Lipinski definition) is 1. The van der Waals surface area contributed by atoms with Crippen molar-refractivity contribution in [1.29, 1.82) is 0 Å². The predicted octanol–water partition coefficient (Wildman–Crippen LogP) is 5.71. The van der Waals surface area contributed by atoms with Gasteiger partial charge < -0.3 is 19.7 Å². The van der Waals surface area contributed by atoms with E-state index in [1.54, 1.807) is 14.1 Å². The number of para-hydroxylation sites is 1. The summed E-state index contributed by atoms with van der Waals surface area (Å²) in [6, 6.07) is 12.8. The maximum atomic E-state index is 13.0. The van der Waals surface area contributed by atoms with Crippen molar-refractivity contribution in [3.8, 4) is 0 Å². The number of carbonyl (C=O) groups excluding carboxylic acids is 1. The number of carbonyl (C=O) groups is 1. The molecule has 2 heterocycles. The van der Waals surface area contributed by atoms with E-state index in [0.29, 0.717) is 16.1 Å². The van der Waals surface area contributed by atoms with E-state index in [0.717, 1.165) is 37.4 Å². The summed E-state index contributed by atoms with van der Waals surface area (Å²) >= 11 is 13.0. The van der Waals surface area contributed by atoms with Crippen molar-refractivity contribution in [3.63, 3.8) is 0 Å². The summed E-state index contributed by atoms with van der Waals surface area (Å²) in [5.41, 5.74) is 3.03. The quantitative estimate of drug-likeness (QED) is 0.515. The molecule has 1 aliphatic heterocycles. The third-order valence-corrected chi connectivity index (χ3v) is 6.65. The van der Waals surface area contributed by atoms with Crippen molar-refractivity contribution < 1.29 is 4.79 Å². The highest BCUT2D eigenvalue weighted by atomic mass is 35.5. The molecule has 4 rings (SSSR count). The molecule has 0 spiro atoms. The van der Waals surface area contributed by atoms with E-state index in [9.17, 15) is 4.79 Å². The second-order valence-electron chi connectivity index (χ2n) is 8.77. The molecular formula is C24H29Cl2N5O.